The molecule has 1 aromatic carbocycles. The number of nitrogens with one attached hydrogen (secondary N) is 1. The van der Waals surface area contributed by atoms with E-state index in [0.29, 0.717) is 0 Å². The molecule has 2 nitrogen and oxygen atoms in total. The van der Waals surface area contributed by atoms with Gasteiger partial charge in [-0.1, -0.05) is 27.7 Å². The average Bonchev–Trinajstić information content (AvgIpc) is 2.56. The molecular formula is C14H23FN2. The summed E-state index contributed by atoms with van der Waals surface area (Å²) in [5.41, 5.74) is 6.18. The van der Waals surface area contributed by atoms with Crippen LogP contribution in [0.25, 0.3) is 0 Å². The Morgan fingerprint density at radius 1 is 1.29 bits per heavy atom. The van der Waals surface area contributed by atoms with E-state index < -0.39 is 0 Å². The minimum Gasteiger partial charge on any atom is -0.310 e. The predicted octanol–water partition coefficient (Wildman–Crippen LogP) is 3.99. The zero-order valence-electron chi connectivity index (χ0n) is 11.6. The number of benzene rings is 1. The predicted molar refractivity (Wildman–Crippen MR) is 71.8 cm³/mol. The fourth-order valence-electron chi connectivity index (χ4n) is 2.11. The molecule has 0 saturated carbocycles. The molecule has 96 valence electrons. The Kier molecular flexibility index (Phi) is 4.52. The van der Waals surface area contributed by atoms with Crippen LogP contribution in [0.5, 0.6) is 0 Å². The van der Waals surface area contributed by atoms with Gasteiger partial charge in [0, 0.05) is 7.05 Å². The van der Waals surface area contributed by atoms with Crippen LogP contribution in [0, 0.1) is 5.82 Å². The molecule has 0 amide bonds. The summed E-state index contributed by atoms with van der Waals surface area (Å²) < 4.78 is 13.7. The lowest BCUT2D eigenvalue weighted by atomic mass is 9.97. The van der Waals surface area contributed by atoms with Crippen molar-refractivity contribution in [3.05, 3.63) is 29.1 Å². The number of rotatable bonds is 1. The first-order valence-electron chi connectivity index (χ1n) is 6.34. The molecule has 17 heavy (non-hydrogen) atoms. The quantitative estimate of drug-likeness (QED) is 0.795. The maximum Gasteiger partial charge on any atom is 0.128 e. The normalized spacial score (nSPS) is 17.9. The molecule has 0 fully saturated rings. The van der Waals surface area contributed by atoms with Crippen molar-refractivity contribution in [2.24, 2.45) is 0 Å². The van der Waals surface area contributed by atoms with Crippen molar-refractivity contribution >= 4 is 5.69 Å². The van der Waals surface area contributed by atoms with E-state index in [-0.39, 0.29) is 17.8 Å². The summed E-state index contributed by atoms with van der Waals surface area (Å²) in [4.78, 5) is 0. The van der Waals surface area contributed by atoms with Crippen LogP contribution in [-0.2, 0) is 0 Å². The first kappa shape index (κ1) is 14.0. The summed E-state index contributed by atoms with van der Waals surface area (Å²) in [6.45, 7) is 10.1. The first-order valence-corrected chi connectivity index (χ1v) is 6.34. The Morgan fingerprint density at radius 2 is 1.88 bits per heavy atom. The molecule has 1 unspecified atom stereocenters. The Balaban J connectivity index is 0.000000686. The van der Waals surface area contributed by atoms with Crippen LogP contribution in [0.2, 0.25) is 0 Å². The highest BCUT2D eigenvalue weighted by atomic mass is 19.1. The number of nitrogens with zero attached hydrogens (tertiary/aromatic N) is 1. The van der Waals surface area contributed by atoms with E-state index in [1.807, 2.05) is 45.8 Å². The molecule has 1 aliphatic rings. The fraction of sp³-hybridized carbons (Fsp3) is 0.571. The number of hydrogen-bond acceptors (Lipinski definition) is 2. The number of hydrogen-bond donors (Lipinski definition) is 1. The van der Waals surface area contributed by atoms with Gasteiger partial charge in [0.2, 0.25) is 0 Å². The molecule has 2 rings (SSSR count). The minimum atomic E-state index is -0.105. The first-order chi connectivity index (χ1) is 8.00. The molecule has 1 heterocycles. The minimum absolute atomic E-state index is 0.105. The molecule has 1 aromatic rings. The fourth-order valence-corrected chi connectivity index (χ4v) is 2.11. The van der Waals surface area contributed by atoms with Gasteiger partial charge in [-0.2, -0.15) is 0 Å². The second-order valence-corrected chi connectivity index (χ2v) is 4.50. The van der Waals surface area contributed by atoms with Gasteiger partial charge in [0.1, 0.15) is 5.82 Å². The monoisotopic (exact) mass is 238 g/mol. The lowest BCUT2D eigenvalue weighted by Crippen LogP contribution is -2.28. The largest absolute Gasteiger partial charge is 0.310 e. The maximum atomic E-state index is 13.7. The highest BCUT2D eigenvalue weighted by Crippen LogP contribution is 2.35. The zero-order chi connectivity index (χ0) is 13.2. The van der Waals surface area contributed by atoms with Gasteiger partial charge in [-0.05, 0) is 36.1 Å². The van der Waals surface area contributed by atoms with Crippen molar-refractivity contribution in [2.75, 3.05) is 12.1 Å². The van der Waals surface area contributed by atoms with Gasteiger partial charge in [-0.25, -0.2) is 9.82 Å². The van der Waals surface area contributed by atoms with Crippen LogP contribution in [0.3, 0.4) is 0 Å². The Labute approximate surface area is 104 Å². The Hall–Kier alpha value is -1.09. The maximum absolute atomic E-state index is 13.7. The number of anilines is 1. The SMILES string of the molecule is CC.CC(C)c1cc2c(cc1F)N(C)NC2C. The van der Waals surface area contributed by atoms with Crippen molar-refractivity contribution in [1.29, 1.82) is 0 Å². The highest BCUT2D eigenvalue weighted by Gasteiger charge is 2.24. The van der Waals surface area contributed by atoms with Crippen LogP contribution in [0.1, 0.15) is 57.7 Å². The number of hydrazine groups is 1. The van der Waals surface area contributed by atoms with Gasteiger partial charge < -0.3 is 5.01 Å². The molecule has 0 spiro atoms. The van der Waals surface area contributed by atoms with Crippen molar-refractivity contribution in [3.63, 3.8) is 0 Å². The molecule has 1 atom stereocenters. The number of fused-ring (bicyclic) bond motifs is 1. The van der Waals surface area contributed by atoms with E-state index in [2.05, 4.69) is 12.3 Å². The molecule has 0 saturated heterocycles. The van der Waals surface area contributed by atoms with Gasteiger partial charge in [0.15, 0.2) is 0 Å². The molecule has 0 radical (unpaired) electrons. The van der Waals surface area contributed by atoms with Crippen LogP contribution >= 0.6 is 0 Å². The second-order valence-electron chi connectivity index (χ2n) is 4.50. The summed E-state index contributed by atoms with van der Waals surface area (Å²) in [7, 11) is 1.91. The van der Waals surface area contributed by atoms with Crippen LogP contribution in [0.4, 0.5) is 10.1 Å². The molecule has 0 aliphatic carbocycles. The Morgan fingerprint density at radius 3 is 2.41 bits per heavy atom. The van der Waals surface area contributed by atoms with Crippen LogP contribution in [0.15, 0.2) is 12.1 Å². The van der Waals surface area contributed by atoms with Crippen LogP contribution < -0.4 is 10.4 Å². The standard InChI is InChI=1S/C12H17FN2.C2H6/c1-7(2)9-5-10-8(3)14-15(4)12(10)6-11(9)13;1-2/h5-8,14H,1-4H3;1-2H3. The summed E-state index contributed by atoms with van der Waals surface area (Å²) in [5, 5.41) is 1.88. The van der Waals surface area contributed by atoms with Crippen molar-refractivity contribution in [2.45, 2.75) is 46.6 Å². The summed E-state index contributed by atoms with van der Waals surface area (Å²) in [6, 6.07) is 3.88. The summed E-state index contributed by atoms with van der Waals surface area (Å²) in [6.07, 6.45) is 0. The third-order valence-corrected chi connectivity index (χ3v) is 2.98. The Bertz CT molecular complexity index is 388. The highest BCUT2D eigenvalue weighted by molar-refractivity contribution is 5.59. The van der Waals surface area contributed by atoms with Gasteiger partial charge in [0.05, 0.1) is 11.7 Å². The molecule has 1 aliphatic heterocycles. The topological polar surface area (TPSA) is 15.3 Å². The van der Waals surface area contributed by atoms with E-state index >= 15 is 0 Å². The summed E-state index contributed by atoms with van der Waals surface area (Å²) >= 11 is 0. The van der Waals surface area contributed by atoms with E-state index in [9.17, 15) is 4.39 Å². The molecular weight excluding hydrogens is 215 g/mol. The van der Waals surface area contributed by atoms with E-state index in [1.54, 1.807) is 6.07 Å². The van der Waals surface area contributed by atoms with Crippen molar-refractivity contribution < 1.29 is 4.39 Å². The van der Waals surface area contributed by atoms with Crippen LogP contribution in [-0.4, -0.2) is 7.05 Å². The zero-order valence-corrected chi connectivity index (χ0v) is 11.6. The van der Waals surface area contributed by atoms with Crippen molar-refractivity contribution in [1.82, 2.24) is 5.43 Å². The average molecular weight is 238 g/mol. The molecule has 0 bridgehead atoms. The lowest BCUT2D eigenvalue weighted by molar-refractivity contribution is 0.597. The lowest BCUT2D eigenvalue weighted by Gasteiger charge is -2.13. The molecule has 3 heteroatoms. The number of halogens is 1. The van der Waals surface area contributed by atoms with Gasteiger partial charge in [-0.15, -0.1) is 0 Å². The van der Waals surface area contributed by atoms with E-state index in [4.69, 9.17) is 0 Å². The molecule has 1 N–H and O–H groups in total. The van der Waals surface area contributed by atoms with Gasteiger partial charge in [0.25, 0.3) is 0 Å². The second kappa shape index (κ2) is 5.50. The van der Waals surface area contributed by atoms with E-state index in [0.717, 1.165) is 11.3 Å². The third-order valence-electron chi connectivity index (χ3n) is 2.98. The smallest absolute Gasteiger partial charge is 0.128 e. The van der Waals surface area contributed by atoms with Gasteiger partial charge in [-0.3, -0.25) is 0 Å². The summed E-state index contributed by atoms with van der Waals surface area (Å²) in [5.74, 6) is 0.125. The molecule has 0 aromatic heterocycles. The van der Waals surface area contributed by atoms with Crippen molar-refractivity contribution in [3.8, 4) is 0 Å². The van der Waals surface area contributed by atoms with Gasteiger partial charge >= 0.3 is 0 Å². The third kappa shape index (κ3) is 2.60. The van der Waals surface area contributed by atoms with E-state index in [1.165, 1.54) is 5.56 Å².